The van der Waals surface area contributed by atoms with E-state index in [1.165, 1.54) is 0 Å². The van der Waals surface area contributed by atoms with Crippen LogP contribution >= 0.6 is 0 Å². The topological polar surface area (TPSA) is 58.6 Å². The zero-order chi connectivity index (χ0) is 14.1. The van der Waals surface area contributed by atoms with Crippen LogP contribution in [0, 0.1) is 0 Å². The van der Waals surface area contributed by atoms with E-state index in [2.05, 4.69) is 10.2 Å². The highest BCUT2D eigenvalue weighted by Gasteiger charge is 2.47. The van der Waals surface area contributed by atoms with Gasteiger partial charge in [0, 0.05) is 26.2 Å². The van der Waals surface area contributed by atoms with Crippen LogP contribution in [0.4, 0.5) is 0 Å². The van der Waals surface area contributed by atoms with Crippen LogP contribution in [0.5, 0.6) is 0 Å². The molecule has 0 amide bonds. The predicted octanol–water partition coefficient (Wildman–Crippen LogP) is 0.135. The highest BCUT2D eigenvalue weighted by molar-refractivity contribution is 7.91. The van der Waals surface area contributed by atoms with E-state index in [-0.39, 0.29) is 11.3 Å². The summed E-state index contributed by atoms with van der Waals surface area (Å²) in [5.74, 6) is 0.143. The molecule has 20 heavy (non-hydrogen) atoms. The summed E-state index contributed by atoms with van der Waals surface area (Å²) < 4.78 is 30.5. The molecule has 2 aliphatic rings. The van der Waals surface area contributed by atoms with Crippen LogP contribution in [0.3, 0.4) is 0 Å². The molecule has 5 nitrogen and oxygen atoms in total. The second kappa shape index (κ2) is 5.44. The third-order valence-corrected chi connectivity index (χ3v) is 6.00. The maximum Gasteiger partial charge on any atom is 0.180 e. The fourth-order valence-electron chi connectivity index (χ4n) is 2.90. The fraction of sp³-hybridized carbons (Fsp3) is 0.571. The first-order valence-electron chi connectivity index (χ1n) is 6.94. The number of rotatable bonds is 4. The Labute approximate surface area is 119 Å². The molecule has 2 fully saturated rings. The summed E-state index contributed by atoms with van der Waals surface area (Å²) in [5.41, 5.74) is -0.337. The van der Waals surface area contributed by atoms with Gasteiger partial charge in [-0.3, -0.25) is 4.90 Å². The first-order chi connectivity index (χ1) is 9.62. The second-order valence-electron chi connectivity index (χ2n) is 5.53. The van der Waals surface area contributed by atoms with Crippen LogP contribution in [0.2, 0.25) is 0 Å². The van der Waals surface area contributed by atoms with Crippen molar-refractivity contribution in [2.24, 2.45) is 0 Å². The third kappa shape index (κ3) is 2.61. The Morgan fingerprint density at radius 2 is 1.80 bits per heavy atom. The van der Waals surface area contributed by atoms with E-state index < -0.39 is 9.84 Å². The fourth-order valence-corrected chi connectivity index (χ4v) is 4.69. The number of piperazine rings is 1. The zero-order valence-corrected chi connectivity index (χ0v) is 12.2. The lowest BCUT2D eigenvalue weighted by Crippen LogP contribution is -2.68. The van der Waals surface area contributed by atoms with Gasteiger partial charge in [-0.1, -0.05) is 18.2 Å². The van der Waals surface area contributed by atoms with E-state index >= 15 is 0 Å². The Hall–Kier alpha value is -0.950. The van der Waals surface area contributed by atoms with Crippen LogP contribution in [0.15, 0.2) is 35.2 Å². The largest absolute Gasteiger partial charge is 0.377 e. The Kier molecular flexibility index (Phi) is 3.81. The lowest BCUT2D eigenvalue weighted by atomic mass is 9.96. The van der Waals surface area contributed by atoms with E-state index in [0.717, 1.165) is 26.2 Å². The minimum atomic E-state index is -3.27. The summed E-state index contributed by atoms with van der Waals surface area (Å²) >= 11 is 0. The van der Waals surface area contributed by atoms with E-state index in [9.17, 15) is 8.42 Å². The SMILES string of the molecule is O=S(=O)(CC1(N2CCNCC2)COC1)c1ccccc1. The van der Waals surface area contributed by atoms with Gasteiger partial charge in [-0.2, -0.15) is 0 Å². The van der Waals surface area contributed by atoms with Gasteiger partial charge in [0.2, 0.25) is 0 Å². The molecular weight excluding hydrogens is 276 g/mol. The van der Waals surface area contributed by atoms with Gasteiger partial charge in [0.15, 0.2) is 9.84 Å². The highest BCUT2D eigenvalue weighted by Crippen LogP contribution is 2.29. The summed E-state index contributed by atoms with van der Waals surface area (Å²) in [6.07, 6.45) is 0. The van der Waals surface area contributed by atoms with E-state index in [1.807, 2.05) is 6.07 Å². The molecule has 0 unspecified atom stereocenters. The molecule has 0 spiro atoms. The quantitative estimate of drug-likeness (QED) is 0.856. The van der Waals surface area contributed by atoms with Gasteiger partial charge >= 0.3 is 0 Å². The lowest BCUT2D eigenvalue weighted by molar-refractivity contribution is -0.130. The minimum absolute atomic E-state index is 0.143. The smallest absolute Gasteiger partial charge is 0.180 e. The van der Waals surface area contributed by atoms with Gasteiger partial charge in [-0.25, -0.2) is 8.42 Å². The molecule has 1 N–H and O–H groups in total. The Bertz CT molecular complexity index is 549. The Balaban J connectivity index is 1.81. The predicted molar refractivity (Wildman–Crippen MR) is 76.5 cm³/mol. The van der Waals surface area contributed by atoms with Gasteiger partial charge in [0.1, 0.15) is 0 Å². The number of benzene rings is 1. The van der Waals surface area contributed by atoms with Crippen LogP contribution in [-0.4, -0.2) is 64.0 Å². The maximum absolute atomic E-state index is 12.6. The molecule has 1 aromatic rings. The normalized spacial score (nSPS) is 23.2. The Morgan fingerprint density at radius 1 is 1.15 bits per heavy atom. The van der Waals surface area contributed by atoms with Crippen molar-refractivity contribution in [3.8, 4) is 0 Å². The first kappa shape index (κ1) is 14.0. The van der Waals surface area contributed by atoms with Gasteiger partial charge in [0.05, 0.1) is 29.4 Å². The van der Waals surface area contributed by atoms with Crippen molar-refractivity contribution in [2.75, 3.05) is 45.1 Å². The Morgan fingerprint density at radius 3 is 2.35 bits per heavy atom. The third-order valence-electron chi connectivity index (χ3n) is 4.09. The maximum atomic E-state index is 12.6. The van der Waals surface area contributed by atoms with Crippen molar-refractivity contribution >= 4 is 9.84 Å². The molecule has 2 aliphatic heterocycles. The average molecular weight is 296 g/mol. The number of nitrogens with zero attached hydrogens (tertiary/aromatic N) is 1. The van der Waals surface area contributed by atoms with Crippen LogP contribution in [-0.2, 0) is 14.6 Å². The molecule has 2 heterocycles. The minimum Gasteiger partial charge on any atom is -0.377 e. The lowest BCUT2D eigenvalue weighted by Gasteiger charge is -2.50. The summed E-state index contributed by atoms with van der Waals surface area (Å²) in [5, 5.41) is 3.30. The molecule has 3 rings (SSSR count). The van der Waals surface area contributed by atoms with Crippen molar-refractivity contribution < 1.29 is 13.2 Å². The summed E-state index contributed by atoms with van der Waals surface area (Å²) in [6, 6.07) is 8.70. The summed E-state index contributed by atoms with van der Waals surface area (Å²) in [4.78, 5) is 2.68. The second-order valence-corrected chi connectivity index (χ2v) is 7.52. The number of ether oxygens (including phenoxy) is 1. The number of sulfone groups is 1. The molecule has 0 aromatic heterocycles. The molecule has 0 aliphatic carbocycles. The monoisotopic (exact) mass is 296 g/mol. The van der Waals surface area contributed by atoms with Crippen LogP contribution in [0.25, 0.3) is 0 Å². The zero-order valence-electron chi connectivity index (χ0n) is 11.4. The molecule has 2 saturated heterocycles. The van der Waals surface area contributed by atoms with Crippen LogP contribution < -0.4 is 5.32 Å². The van der Waals surface area contributed by atoms with E-state index in [0.29, 0.717) is 18.1 Å². The van der Waals surface area contributed by atoms with Crippen molar-refractivity contribution in [1.82, 2.24) is 10.2 Å². The first-order valence-corrected chi connectivity index (χ1v) is 8.59. The number of nitrogens with one attached hydrogen (secondary N) is 1. The van der Waals surface area contributed by atoms with Crippen molar-refractivity contribution in [2.45, 2.75) is 10.4 Å². The highest BCUT2D eigenvalue weighted by atomic mass is 32.2. The van der Waals surface area contributed by atoms with Crippen LogP contribution in [0.1, 0.15) is 0 Å². The van der Waals surface area contributed by atoms with Crippen molar-refractivity contribution in [3.63, 3.8) is 0 Å². The molecule has 0 bridgehead atoms. The van der Waals surface area contributed by atoms with E-state index in [4.69, 9.17) is 4.74 Å². The van der Waals surface area contributed by atoms with Gasteiger partial charge < -0.3 is 10.1 Å². The van der Waals surface area contributed by atoms with Gasteiger partial charge in [-0.15, -0.1) is 0 Å². The average Bonchev–Trinajstić information content (AvgIpc) is 2.45. The van der Waals surface area contributed by atoms with E-state index in [1.54, 1.807) is 24.3 Å². The molecule has 0 radical (unpaired) electrons. The molecule has 110 valence electrons. The standard InChI is InChI=1S/C14H20N2O3S/c17-20(18,13-4-2-1-3-5-13)12-14(10-19-11-14)16-8-6-15-7-9-16/h1-5,15H,6-12H2. The van der Waals surface area contributed by atoms with Gasteiger partial charge in [0.25, 0.3) is 0 Å². The molecule has 1 aromatic carbocycles. The molecular formula is C14H20N2O3S. The molecule has 0 atom stereocenters. The van der Waals surface area contributed by atoms with Gasteiger partial charge in [-0.05, 0) is 12.1 Å². The molecule has 0 saturated carbocycles. The molecule has 6 heteroatoms. The van der Waals surface area contributed by atoms with Crippen molar-refractivity contribution in [3.05, 3.63) is 30.3 Å². The van der Waals surface area contributed by atoms with Crippen molar-refractivity contribution in [1.29, 1.82) is 0 Å². The summed E-state index contributed by atoms with van der Waals surface area (Å²) in [7, 11) is -3.27. The number of hydrogen-bond donors (Lipinski definition) is 1. The summed E-state index contributed by atoms with van der Waals surface area (Å²) in [6.45, 7) is 4.61. The number of hydrogen-bond acceptors (Lipinski definition) is 5.